The van der Waals surface area contributed by atoms with E-state index in [4.69, 9.17) is 0 Å². The molecule has 0 spiro atoms. The number of nitrogens with one attached hydrogen (secondary N) is 1. The first-order chi connectivity index (χ1) is 8.02. The number of benzene rings is 1. The van der Waals surface area contributed by atoms with E-state index in [1.807, 2.05) is 0 Å². The van der Waals surface area contributed by atoms with Crippen LogP contribution in [0.1, 0.15) is 27.6 Å². The molecule has 5 heteroatoms. The standard InChI is InChI=1S/C12H16FNO3/c1-7-3-4-9(13)8(6-15)11(7)12(17)10(16)5-14-2/h3-4,6,10,12,14,16-17H,5H2,1-2H3. The Labute approximate surface area is 99.1 Å². The van der Waals surface area contributed by atoms with Crippen LogP contribution in [0.3, 0.4) is 0 Å². The molecule has 17 heavy (non-hydrogen) atoms. The summed E-state index contributed by atoms with van der Waals surface area (Å²) in [5.74, 6) is -0.698. The van der Waals surface area contributed by atoms with Gasteiger partial charge in [0.1, 0.15) is 11.9 Å². The average Bonchev–Trinajstić information content (AvgIpc) is 2.31. The number of aliphatic hydroxyl groups is 2. The predicted octanol–water partition coefficient (Wildman–Crippen LogP) is 0.560. The van der Waals surface area contributed by atoms with Gasteiger partial charge in [-0.3, -0.25) is 4.79 Å². The molecule has 94 valence electrons. The fourth-order valence-electron chi connectivity index (χ4n) is 1.74. The fourth-order valence-corrected chi connectivity index (χ4v) is 1.74. The molecule has 0 fully saturated rings. The molecule has 3 N–H and O–H groups in total. The molecule has 1 aromatic rings. The van der Waals surface area contributed by atoms with Gasteiger partial charge >= 0.3 is 0 Å². The zero-order valence-corrected chi connectivity index (χ0v) is 9.77. The Hall–Kier alpha value is -1.30. The van der Waals surface area contributed by atoms with Crippen LogP contribution in [-0.4, -0.2) is 36.2 Å². The zero-order chi connectivity index (χ0) is 13.0. The molecular weight excluding hydrogens is 225 g/mol. The summed E-state index contributed by atoms with van der Waals surface area (Å²) >= 11 is 0. The molecule has 2 atom stereocenters. The van der Waals surface area contributed by atoms with Gasteiger partial charge in [0.05, 0.1) is 11.7 Å². The second kappa shape index (κ2) is 5.86. The van der Waals surface area contributed by atoms with Gasteiger partial charge in [0.15, 0.2) is 6.29 Å². The Morgan fingerprint density at radius 3 is 2.65 bits per heavy atom. The largest absolute Gasteiger partial charge is 0.389 e. The van der Waals surface area contributed by atoms with Crippen LogP contribution < -0.4 is 5.32 Å². The zero-order valence-electron chi connectivity index (χ0n) is 9.77. The van der Waals surface area contributed by atoms with Crippen LogP contribution >= 0.6 is 0 Å². The minimum absolute atomic E-state index is 0.141. The van der Waals surface area contributed by atoms with Crippen LogP contribution in [0.2, 0.25) is 0 Å². The average molecular weight is 241 g/mol. The second-order valence-corrected chi connectivity index (χ2v) is 3.88. The van der Waals surface area contributed by atoms with E-state index in [2.05, 4.69) is 5.32 Å². The molecule has 0 aliphatic rings. The number of aldehydes is 1. The van der Waals surface area contributed by atoms with E-state index < -0.39 is 18.0 Å². The molecule has 1 aromatic carbocycles. The molecule has 1 rings (SSSR count). The third kappa shape index (κ3) is 2.88. The molecule has 4 nitrogen and oxygen atoms in total. The van der Waals surface area contributed by atoms with Crippen molar-refractivity contribution >= 4 is 6.29 Å². The molecule has 0 heterocycles. The van der Waals surface area contributed by atoms with Crippen LogP contribution in [0, 0.1) is 12.7 Å². The Morgan fingerprint density at radius 1 is 1.47 bits per heavy atom. The normalized spacial score (nSPS) is 14.4. The smallest absolute Gasteiger partial charge is 0.153 e. The summed E-state index contributed by atoms with van der Waals surface area (Å²) in [6.07, 6.45) is -2.04. The van der Waals surface area contributed by atoms with Crippen molar-refractivity contribution in [3.8, 4) is 0 Å². The van der Waals surface area contributed by atoms with Crippen LogP contribution in [-0.2, 0) is 0 Å². The lowest BCUT2D eigenvalue weighted by Crippen LogP contribution is -2.30. The molecule has 0 aliphatic carbocycles. The van der Waals surface area contributed by atoms with E-state index in [1.54, 1.807) is 14.0 Å². The number of aryl methyl sites for hydroxylation is 1. The third-order valence-corrected chi connectivity index (χ3v) is 2.64. The monoisotopic (exact) mass is 241 g/mol. The number of rotatable bonds is 5. The maximum atomic E-state index is 13.4. The number of carbonyl (C=O) groups is 1. The van der Waals surface area contributed by atoms with E-state index in [9.17, 15) is 19.4 Å². The first-order valence-electron chi connectivity index (χ1n) is 5.27. The molecule has 0 radical (unpaired) electrons. The van der Waals surface area contributed by atoms with E-state index >= 15 is 0 Å². The molecule has 0 saturated heterocycles. The van der Waals surface area contributed by atoms with Gasteiger partial charge in [-0.1, -0.05) is 6.07 Å². The summed E-state index contributed by atoms with van der Waals surface area (Å²) in [4.78, 5) is 10.8. The minimum Gasteiger partial charge on any atom is -0.389 e. The van der Waals surface area contributed by atoms with E-state index in [1.165, 1.54) is 12.1 Å². The van der Waals surface area contributed by atoms with Crippen LogP contribution in [0.15, 0.2) is 12.1 Å². The van der Waals surface area contributed by atoms with Gasteiger partial charge in [0, 0.05) is 6.54 Å². The molecule has 0 aliphatic heterocycles. The van der Waals surface area contributed by atoms with Crippen molar-refractivity contribution in [3.63, 3.8) is 0 Å². The van der Waals surface area contributed by atoms with Gasteiger partial charge in [0.25, 0.3) is 0 Å². The van der Waals surface area contributed by atoms with Gasteiger partial charge in [0.2, 0.25) is 0 Å². The van der Waals surface area contributed by atoms with Crippen LogP contribution in [0.4, 0.5) is 4.39 Å². The summed E-state index contributed by atoms with van der Waals surface area (Å²) < 4.78 is 13.4. The number of likely N-dealkylation sites (N-methyl/N-ethyl adjacent to an activating group) is 1. The van der Waals surface area contributed by atoms with Crippen molar-refractivity contribution in [2.24, 2.45) is 0 Å². The maximum Gasteiger partial charge on any atom is 0.153 e. The predicted molar refractivity (Wildman–Crippen MR) is 61.4 cm³/mol. The van der Waals surface area contributed by atoms with Gasteiger partial charge in [-0.05, 0) is 31.2 Å². The Morgan fingerprint density at radius 2 is 2.12 bits per heavy atom. The van der Waals surface area contributed by atoms with Gasteiger partial charge in [-0.25, -0.2) is 4.39 Å². The van der Waals surface area contributed by atoms with Crippen molar-refractivity contribution < 1.29 is 19.4 Å². The summed E-state index contributed by atoms with van der Waals surface area (Å²) in [5.41, 5.74) is 0.506. The lowest BCUT2D eigenvalue weighted by molar-refractivity contribution is 0.0193. The second-order valence-electron chi connectivity index (χ2n) is 3.88. The quantitative estimate of drug-likeness (QED) is 0.659. The maximum absolute atomic E-state index is 13.4. The van der Waals surface area contributed by atoms with Crippen LogP contribution in [0.5, 0.6) is 0 Å². The highest BCUT2D eigenvalue weighted by molar-refractivity contribution is 5.78. The fraction of sp³-hybridized carbons (Fsp3) is 0.417. The summed E-state index contributed by atoms with van der Waals surface area (Å²) in [6, 6.07) is 2.63. The third-order valence-electron chi connectivity index (χ3n) is 2.64. The SMILES string of the molecule is CNCC(O)C(O)c1c(C)ccc(F)c1C=O. The van der Waals surface area contributed by atoms with Crippen LogP contribution in [0.25, 0.3) is 0 Å². The summed E-state index contributed by atoms with van der Waals surface area (Å²) in [6.45, 7) is 1.80. The highest BCUT2D eigenvalue weighted by Crippen LogP contribution is 2.25. The molecular formula is C12H16FNO3. The highest BCUT2D eigenvalue weighted by Gasteiger charge is 2.24. The van der Waals surface area contributed by atoms with Crippen molar-refractivity contribution in [2.45, 2.75) is 19.1 Å². The number of aliphatic hydroxyl groups excluding tert-OH is 2. The van der Waals surface area contributed by atoms with Crippen molar-refractivity contribution in [1.82, 2.24) is 5.32 Å². The van der Waals surface area contributed by atoms with Gasteiger partial charge in [-0.15, -0.1) is 0 Å². The summed E-state index contributed by atoms with van der Waals surface area (Å²) in [7, 11) is 1.62. The van der Waals surface area contributed by atoms with Crippen molar-refractivity contribution in [1.29, 1.82) is 0 Å². The van der Waals surface area contributed by atoms with E-state index in [0.717, 1.165) is 0 Å². The lowest BCUT2D eigenvalue weighted by atomic mass is 9.94. The molecule has 0 bridgehead atoms. The first kappa shape index (κ1) is 13.8. The molecule has 0 saturated carbocycles. The number of hydrogen-bond donors (Lipinski definition) is 3. The van der Waals surface area contributed by atoms with E-state index in [-0.39, 0.29) is 17.7 Å². The number of halogens is 1. The topological polar surface area (TPSA) is 69.6 Å². The molecule has 0 amide bonds. The lowest BCUT2D eigenvalue weighted by Gasteiger charge is -2.21. The molecule has 2 unspecified atom stereocenters. The van der Waals surface area contributed by atoms with Gasteiger partial charge < -0.3 is 15.5 Å². The first-order valence-corrected chi connectivity index (χ1v) is 5.27. The van der Waals surface area contributed by atoms with Crippen molar-refractivity contribution in [2.75, 3.05) is 13.6 Å². The van der Waals surface area contributed by atoms with E-state index in [0.29, 0.717) is 11.8 Å². The van der Waals surface area contributed by atoms with Crippen molar-refractivity contribution in [3.05, 3.63) is 34.6 Å². The Balaban J connectivity index is 3.19. The molecule has 0 aromatic heterocycles. The Bertz CT molecular complexity index is 409. The number of hydrogen-bond acceptors (Lipinski definition) is 4. The Kier molecular flexibility index (Phi) is 4.74. The van der Waals surface area contributed by atoms with Gasteiger partial charge in [-0.2, -0.15) is 0 Å². The summed E-state index contributed by atoms with van der Waals surface area (Å²) in [5, 5.41) is 22.3. The number of carbonyl (C=O) groups excluding carboxylic acids is 1. The minimum atomic E-state index is -1.29. The highest BCUT2D eigenvalue weighted by atomic mass is 19.1.